The van der Waals surface area contributed by atoms with Crippen LogP contribution in [0.2, 0.25) is 5.15 Å². The highest BCUT2D eigenvalue weighted by molar-refractivity contribution is 6.29. The molecule has 0 aliphatic carbocycles. The molecule has 2 rings (SSSR count). The van der Waals surface area contributed by atoms with Crippen LogP contribution in [-0.4, -0.2) is 35.6 Å². The molecular weight excluding hydrogens is 230 g/mol. The molecule has 1 saturated heterocycles. The van der Waals surface area contributed by atoms with Crippen molar-refractivity contribution in [2.24, 2.45) is 5.41 Å². The van der Waals surface area contributed by atoms with Gasteiger partial charge in [-0.3, -0.25) is 9.78 Å². The van der Waals surface area contributed by atoms with Crippen LogP contribution in [-0.2, 0) is 4.74 Å². The third kappa shape index (κ3) is 2.48. The van der Waals surface area contributed by atoms with Crippen molar-refractivity contribution in [3.63, 3.8) is 0 Å². The minimum Gasteiger partial charge on any atom is -0.380 e. The Balaban J connectivity index is 1.93. The Morgan fingerprint density at radius 2 is 2.38 bits per heavy atom. The molecule has 1 aliphatic heterocycles. The molecular formula is C10H12ClN3O2. The number of amides is 1. The number of hydrogen-bond acceptors (Lipinski definition) is 4. The molecule has 2 heterocycles. The van der Waals surface area contributed by atoms with Gasteiger partial charge in [0.05, 0.1) is 25.6 Å². The van der Waals surface area contributed by atoms with Crippen LogP contribution < -0.4 is 5.32 Å². The van der Waals surface area contributed by atoms with Crippen LogP contribution >= 0.6 is 11.6 Å². The molecule has 0 saturated carbocycles. The van der Waals surface area contributed by atoms with Crippen molar-refractivity contribution >= 4 is 17.5 Å². The number of nitrogens with zero attached hydrogens (tertiary/aromatic N) is 2. The highest BCUT2D eigenvalue weighted by Gasteiger charge is 2.33. The predicted molar refractivity (Wildman–Crippen MR) is 58.3 cm³/mol. The van der Waals surface area contributed by atoms with Gasteiger partial charge in [-0.25, -0.2) is 4.98 Å². The molecule has 1 amide bonds. The standard InChI is InChI=1S/C10H12ClN3O2/c1-10(5-16-6-10)4-13-9(15)7-2-12-3-8(11)14-7/h2-3H,4-6H2,1H3,(H,13,15). The summed E-state index contributed by atoms with van der Waals surface area (Å²) >= 11 is 5.64. The molecule has 16 heavy (non-hydrogen) atoms. The molecule has 1 fully saturated rings. The van der Waals surface area contributed by atoms with Crippen molar-refractivity contribution in [2.45, 2.75) is 6.92 Å². The lowest BCUT2D eigenvalue weighted by atomic mass is 9.89. The van der Waals surface area contributed by atoms with E-state index in [0.717, 1.165) is 0 Å². The Morgan fingerprint density at radius 1 is 1.62 bits per heavy atom. The van der Waals surface area contributed by atoms with Gasteiger partial charge in [-0.1, -0.05) is 18.5 Å². The zero-order chi connectivity index (χ0) is 11.6. The second kappa shape index (κ2) is 4.35. The van der Waals surface area contributed by atoms with E-state index in [9.17, 15) is 4.79 Å². The summed E-state index contributed by atoms with van der Waals surface area (Å²) in [4.78, 5) is 19.4. The average Bonchev–Trinajstić information content (AvgIpc) is 2.23. The van der Waals surface area contributed by atoms with Gasteiger partial charge in [0.15, 0.2) is 0 Å². The van der Waals surface area contributed by atoms with E-state index in [-0.39, 0.29) is 22.2 Å². The number of ether oxygens (including phenoxy) is 1. The van der Waals surface area contributed by atoms with Crippen molar-refractivity contribution in [2.75, 3.05) is 19.8 Å². The molecule has 0 bridgehead atoms. The lowest BCUT2D eigenvalue weighted by Crippen LogP contribution is -2.48. The quantitative estimate of drug-likeness (QED) is 0.854. The van der Waals surface area contributed by atoms with Crippen LogP contribution in [0.4, 0.5) is 0 Å². The normalized spacial score (nSPS) is 17.6. The number of carbonyl (C=O) groups is 1. The molecule has 0 radical (unpaired) electrons. The monoisotopic (exact) mass is 241 g/mol. The summed E-state index contributed by atoms with van der Waals surface area (Å²) in [5.41, 5.74) is 0.276. The number of carbonyl (C=O) groups excluding carboxylic acids is 1. The average molecular weight is 242 g/mol. The maximum atomic E-state index is 11.7. The Labute approximate surface area is 98.2 Å². The first-order chi connectivity index (χ1) is 7.59. The van der Waals surface area contributed by atoms with Crippen molar-refractivity contribution in [1.29, 1.82) is 0 Å². The maximum absolute atomic E-state index is 11.7. The fourth-order valence-electron chi connectivity index (χ4n) is 1.39. The summed E-state index contributed by atoms with van der Waals surface area (Å²) in [6.45, 7) is 3.98. The van der Waals surface area contributed by atoms with Crippen LogP contribution in [0.3, 0.4) is 0 Å². The molecule has 0 unspecified atom stereocenters. The van der Waals surface area contributed by atoms with E-state index in [1.165, 1.54) is 12.4 Å². The van der Waals surface area contributed by atoms with Crippen LogP contribution in [0.15, 0.2) is 12.4 Å². The number of hydrogen-bond donors (Lipinski definition) is 1. The van der Waals surface area contributed by atoms with Crippen molar-refractivity contribution in [3.05, 3.63) is 23.2 Å². The van der Waals surface area contributed by atoms with E-state index in [0.29, 0.717) is 19.8 Å². The Bertz CT molecular complexity index is 407. The highest BCUT2D eigenvalue weighted by Crippen LogP contribution is 2.25. The molecule has 1 aromatic heterocycles. The van der Waals surface area contributed by atoms with Gasteiger partial charge >= 0.3 is 0 Å². The van der Waals surface area contributed by atoms with Crippen LogP contribution in [0.5, 0.6) is 0 Å². The Morgan fingerprint density at radius 3 is 2.94 bits per heavy atom. The molecule has 1 N–H and O–H groups in total. The first-order valence-electron chi connectivity index (χ1n) is 4.93. The van der Waals surface area contributed by atoms with Gasteiger partial charge in [-0.2, -0.15) is 0 Å². The van der Waals surface area contributed by atoms with E-state index < -0.39 is 0 Å². The minimum absolute atomic E-state index is 0.0433. The zero-order valence-corrected chi connectivity index (χ0v) is 9.62. The fraction of sp³-hybridized carbons (Fsp3) is 0.500. The van der Waals surface area contributed by atoms with Crippen LogP contribution in [0.25, 0.3) is 0 Å². The summed E-state index contributed by atoms with van der Waals surface area (Å²) in [5, 5.41) is 3.00. The van der Waals surface area contributed by atoms with Crippen molar-refractivity contribution in [3.8, 4) is 0 Å². The lowest BCUT2D eigenvalue weighted by Gasteiger charge is -2.37. The SMILES string of the molecule is CC1(CNC(=O)c2cncc(Cl)n2)COC1. The summed E-state index contributed by atoms with van der Waals surface area (Å²) in [6.07, 6.45) is 2.78. The van der Waals surface area contributed by atoms with Crippen molar-refractivity contribution < 1.29 is 9.53 Å². The topological polar surface area (TPSA) is 64.1 Å². The number of halogens is 1. The van der Waals surface area contributed by atoms with Gasteiger partial charge in [0.25, 0.3) is 5.91 Å². The molecule has 1 aliphatic rings. The summed E-state index contributed by atoms with van der Waals surface area (Å²) < 4.78 is 5.09. The Kier molecular flexibility index (Phi) is 3.07. The highest BCUT2D eigenvalue weighted by atomic mass is 35.5. The summed E-state index contributed by atoms with van der Waals surface area (Å²) in [5.74, 6) is -0.261. The van der Waals surface area contributed by atoms with Crippen LogP contribution in [0.1, 0.15) is 17.4 Å². The molecule has 0 aromatic carbocycles. The molecule has 0 atom stereocenters. The van der Waals surface area contributed by atoms with E-state index in [2.05, 4.69) is 22.2 Å². The molecule has 1 aromatic rings. The van der Waals surface area contributed by atoms with E-state index in [4.69, 9.17) is 16.3 Å². The number of aromatic nitrogens is 2. The second-order valence-electron chi connectivity index (χ2n) is 4.21. The maximum Gasteiger partial charge on any atom is 0.271 e. The third-order valence-corrected chi connectivity index (χ3v) is 2.60. The molecule has 86 valence electrons. The number of rotatable bonds is 3. The van der Waals surface area contributed by atoms with E-state index >= 15 is 0 Å². The smallest absolute Gasteiger partial charge is 0.271 e. The van der Waals surface area contributed by atoms with E-state index in [1.54, 1.807) is 0 Å². The largest absolute Gasteiger partial charge is 0.380 e. The van der Waals surface area contributed by atoms with E-state index in [1.807, 2.05) is 0 Å². The zero-order valence-electron chi connectivity index (χ0n) is 8.86. The Hall–Kier alpha value is -1.20. The van der Waals surface area contributed by atoms with Gasteiger partial charge in [0.1, 0.15) is 10.8 Å². The first-order valence-corrected chi connectivity index (χ1v) is 5.30. The predicted octanol–water partition coefficient (Wildman–Crippen LogP) is 0.896. The first kappa shape index (κ1) is 11.3. The van der Waals surface area contributed by atoms with Crippen LogP contribution in [0, 0.1) is 5.41 Å². The molecule has 5 nitrogen and oxygen atoms in total. The van der Waals surface area contributed by atoms with Gasteiger partial charge in [0, 0.05) is 12.0 Å². The third-order valence-electron chi connectivity index (χ3n) is 2.41. The van der Waals surface area contributed by atoms with Crippen molar-refractivity contribution in [1.82, 2.24) is 15.3 Å². The minimum atomic E-state index is -0.261. The van der Waals surface area contributed by atoms with Gasteiger partial charge < -0.3 is 10.1 Å². The molecule has 0 spiro atoms. The lowest BCUT2D eigenvalue weighted by molar-refractivity contribution is -0.0978. The molecule has 6 heteroatoms. The second-order valence-corrected chi connectivity index (χ2v) is 4.60. The fourth-order valence-corrected chi connectivity index (χ4v) is 1.54. The van der Waals surface area contributed by atoms with Gasteiger partial charge in [0.2, 0.25) is 0 Å². The van der Waals surface area contributed by atoms with Gasteiger partial charge in [-0.15, -0.1) is 0 Å². The number of nitrogens with one attached hydrogen (secondary N) is 1. The summed E-state index contributed by atoms with van der Waals surface area (Å²) in [6, 6.07) is 0. The van der Waals surface area contributed by atoms with Gasteiger partial charge in [-0.05, 0) is 0 Å². The summed E-state index contributed by atoms with van der Waals surface area (Å²) in [7, 11) is 0.